The number of ketones is 1. The van der Waals surface area contributed by atoms with Crippen LogP contribution in [0.25, 0.3) is 0 Å². The van der Waals surface area contributed by atoms with Gasteiger partial charge in [0.15, 0.2) is 0 Å². The summed E-state index contributed by atoms with van der Waals surface area (Å²) in [7, 11) is 0. The summed E-state index contributed by atoms with van der Waals surface area (Å²) in [6.45, 7) is 11.6. The SMILES string of the molecule is C=C[C@]1(C)C[C@@H](OC(=O)CO)[C@]2(C)C(CC)CC[C@]3(CCC(=O)[C@H]32)[C@@H](C)[C@@H]1O. The van der Waals surface area contributed by atoms with Crippen LogP contribution in [0.3, 0.4) is 0 Å². The highest BCUT2D eigenvalue weighted by atomic mass is 16.6. The molecule has 3 aliphatic rings. The third-order valence-corrected chi connectivity index (χ3v) is 8.93. The Morgan fingerprint density at radius 2 is 2.04 bits per heavy atom. The molecule has 2 N–H and O–H groups in total. The molecule has 5 heteroatoms. The van der Waals surface area contributed by atoms with Crippen molar-refractivity contribution in [2.45, 2.75) is 78.4 Å². The maximum Gasteiger partial charge on any atom is 0.332 e. The zero-order valence-electron chi connectivity index (χ0n) is 17.7. The lowest BCUT2D eigenvalue weighted by Gasteiger charge is -2.62. The minimum Gasteiger partial charge on any atom is -0.460 e. The summed E-state index contributed by atoms with van der Waals surface area (Å²) in [5, 5.41) is 20.7. The van der Waals surface area contributed by atoms with Gasteiger partial charge >= 0.3 is 5.97 Å². The molecule has 2 bridgehead atoms. The van der Waals surface area contributed by atoms with E-state index in [-0.39, 0.29) is 29.0 Å². The molecule has 0 saturated heterocycles. The standard InChI is InChI=1S/C23H36O5/c1-6-15-8-10-23-11-9-16(25)19(23)22(15,5)17(28-18(26)13-24)12-21(4,7-2)20(27)14(23)3/h7,14-15,17,19-20,24,27H,2,6,8-13H2,1,3-5H3/t14-,15?,17+,19-,20-,21+,22-,23-/m0/s1. The Bertz CT molecular complexity index is 659. The van der Waals surface area contributed by atoms with E-state index in [1.165, 1.54) is 0 Å². The highest BCUT2D eigenvalue weighted by Crippen LogP contribution is 2.68. The second-order valence-electron chi connectivity index (χ2n) is 9.93. The number of carbonyl (C=O) groups excluding carboxylic acids is 2. The van der Waals surface area contributed by atoms with Gasteiger partial charge in [-0.2, -0.15) is 0 Å². The molecule has 5 nitrogen and oxygen atoms in total. The predicted molar refractivity (Wildman–Crippen MR) is 106 cm³/mol. The van der Waals surface area contributed by atoms with Crippen molar-refractivity contribution >= 4 is 11.8 Å². The maximum absolute atomic E-state index is 13.2. The second-order valence-corrected chi connectivity index (χ2v) is 9.93. The average molecular weight is 393 g/mol. The fourth-order valence-corrected chi connectivity index (χ4v) is 7.20. The lowest BCUT2D eigenvalue weighted by molar-refractivity contribution is -0.210. The summed E-state index contributed by atoms with van der Waals surface area (Å²) in [4.78, 5) is 25.4. The van der Waals surface area contributed by atoms with Crippen molar-refractivity contribution in [1.82, 2.24) is 0 Å². The topological polar surface area (TPSA) is 83.8 Å². The fourth-order valence-electron chi connectivity index (χ4n) is 7.20. The zero-order valence-corrected chi connectivity index (χ0v) is 17.7. The van der Waals surface area contributed by atoms with Gasteiger partial charge in [-0.3, -0.25) is 4.79 Å². The van der Waals surface area contributed by atoms with E-state index in [0.29, 0.717) is 12.8 Å². The molecule has 0 aliphatic heterocycles. The van der Waals surface area contributed by atoms with Crippen molar-refractivity contribution in [3.05, 3.63) is 12.7 Å². The summed E-state index contributed by atoms with van der Waals surface area (Å²) in [6.07, 6.45) is 5.07. The Balaban J connectivity index is 2.23. The van der Waals surface area contributed by atoms with Crippen molar-refractivity contribution in [3.63, 3.8) is 0 Å². The Morgan fingerprint density at radius 1 is 1.36 bits per heavy atom. The minimum atomic E-state index is -0.684. The molecule has 3 rings (SSSR count). The van der Waals surface area contributed by atoms with E-state index in [0.717, 1.165) is 25.7 Å². The normalized spacial score (nSPS) is 48.4. The minimum absolute atomic E-state index is 0.0430. The Morgan fingerprint density at radius 3 is 2.61 bits per heavy atom. The van der Waals surface area contributed by atoms with Crippen molar-refractivity contribution in [1.29, 1.82) is 0 Å². The van der Waals surface area contributed by atoms with Gasteiger partial charge in [0, 0.05) is 23.2 Å². The molecule has 3 saturated carbocycles. The van der Waals surface area contributed by atoms with Crippen LogP contribution in [-0.2, 0) is 14.3 Å². The number of aliphatic hydroxyl groups excluding tert-OH is 2. The van der Waals surface area contributed by atoms with E-state index in [4.69, 9.17) is 4.74 Å². The Hall–Kier alpha value is -1.20. The molecule has 0 spiro atoms. The molecule has 0 aromatic heterocycles. The van der Waals surface area contributed by atoms with Crippen LogP contribution in [0.2, 0.25) is 0 Å². The smallest absolute Gasteiger partial charge is 0.332 e. The number of hydrogen-bond acceptors (Lipinski definition) is 5. The van der Waals surface area contributed by atoms with Gasteiger partial charge in [0.25, 0.3) is 0 Å². The summed E-state index contributed by atoms with van der Waals surface area (Å²) in [6, 6.07) is 0. The molecule has 28 heavy (non-hydrogen) atoms. The number of Topliss-reactive ketones (excluding diaryl/α,β-unsaturated/α-hetero) is 1. The van der Waals surface area contributed by atoms with Crippen molar-refractivity contribution in [3.8, 4) is 0 Å². The van der Waals surface area contributed by atoms with E-state index < -0.39 is 35.6 Å². The largest absolute Gasteiger partial charge is 0.460 e. The summed E-state index contributed by atoms with van der Waals surface area (Å²) in [5.74, 6) is -0.447. The molecule has 8 atom stereocenters. The van der Waals surface area contributed by atoms with Gasteiger partial charge in [0.2, 0.25) is 0 Å². The van der Waals surface area contributed by atoms with Crippen LogP contribution >= 0.6 is 0 Å². The third kappa shape index (κ3) is 2.80. The van der Waals surface area contributed by atoms with E-state index in [2.05, 4.69) is 27.4 Å². The Kier molecular flexibility index (Phi) is 5.56. The first-order valence-corrected chi connectivity index (χ1v) is 10.8. The molecule has 0 heterocycles. The first-order valence-electron chi connectivity index (χ1n) is 10.8. The van der Waals surface area contributed by atoms with Gasteiger partial charge in [0.05, 0.1) is 6.10 Å². The molecule has 3 aliphatic carbocycles. The first-order chi connectivity index (χ1) is 13.1. The molecule has 1 unspecified atom stereocenters. The summed E-state index contributed by atoms with van der Waals surface area (Å²) < 4.78 is 5.83. The van der Waals surface area contributed by atoms with E-state index in [1.54, 1.807) is 6.08 Å². The van der Waals surface area contributed by atoms with E-state index in [1.807, 2.05) is 6.92 Å². The average Bonchev–Trinajstić information content (AvgIpc) is 3.04. The summed E-state index contributed by atoms with van der Waals surface area (Å²) in [5.41, 5.74) is -1.42. The highest BCUT2D eigenvalue weighted by Gasteiger charge is 2.68. The number of ether oxygens (including phenoxy) is 1. The molecule has 0 radical (unpaired) electrons. The predicted octanol–water partition coefficient (Wildman–Crippen LogP) is 3.28. The van der Waals surface area contributed by atoms with Gasteiger partial charge in [-0.05, 0) is 42.9 Å². The monoisotopic (exact) mass is 392 g/mol. The molecule has 0 aromatic rings. The number of rotatable bonds is 4. The number of hydrogen-bond donors (Lipinski definition) is 2. The lowest BCUT2D eigenvalue weighted by Crippen LogP contribution is -2.63. The van der Waals surface area contributed by atoms with E-state index >= 15 is 0 Å². The zero-order chi connectivity index (χ0) is 20.9. The van der Waals surface area contributed by atoms with Crippen molar-refractivity contribution in [2.75, 3.05) is 6.61 Å². The molecule has 0 aromatic carbocycles. The van der Waals surface area contributed by atoms with Crippen LogP contribution in [0.4, 0.5) is 0 Å². The molecule has 3 fully saturated rings. The molecule has 0 amide bonds. The lowest BCUT2D eigenvalue weighted by atomic mass is 9.43. The van der Waals surface area contributed by atoms with Gasteiger partial charge in [-0.25, -0.2) is 4.79 Å². The van der Waals surface area contributed by atoms with Gasteiger partial charge in [-0.15, -0.1) is 6.58 Å². The second kappa shape index (κ2) is 7.24. The summed E-state index contributed by atoms with van der Waals surface area (Å²) >= 11 is 0. The number of carbonyl (C=O) groups is 2. The molecular formula is C23H36O5. The third-order valence-electron chi connectivity index (χ3n) is 8.93. The van der Waals surface area contributed by atoms with Crippen molar-refractivity contribution in [2.24, 2.45) is 34.0 Å². The van der Waals surface area contributed by atoms with Crippen LogP contribution in [0.5, 0.6) is 0 Å². The Labute approximate surface area is 168 Å². The highest BCUT2D eigenvalue weighted by molar-refractivity contribution is 5.85. The van der Waals surface area contributed by atoms with Crippen LogP contribution in [0, 0.1) is 34.0 Å². The fraction of sp³-hybridized carbons (Fsp3) is 0.826. The van der Waals surface area contributed by atoms with Crippen molar-refractivity contribution < 1.29 is 24.5 Å². The van der Waals surface area contributed by atoms with Crippen LogP contribution in [0.15, 0.2) is 12.7 Å². The van der Waals surface area contributed by atoms with Crippen LogP contribution in [0.1, 0.15) is 66.2 Å². The first kappa shape index (κ1) is 21.5. The molecule has 158 valence electrons. The van der Waals surface area contributed by atoms with Gasteiger partial charge in [-0.1, -0.05) is 40.2 Å². The quantitative estimate of drug-likeness (QED) is 0.567. The van der Waals surface area contributed by atoms with Crippen LogP contribution < -0.4 is 0 Å². The molecular weight excluding hydrogens is 356 g/mol. The maximum atomic E-state index is 13.2. The number of aliphatic hydroxyl groups is 2. The van der Waals surface area contributed by atoms with Gasteiger partial charge in [0.1, 0.15) is 18.5 Å². The van der Waals surface area contributed by atoms with Crippen LogP contribution in [-0.4, -0.2) is 40.8 Å². The number of esters is 1. The van der Waals surface area contributed by atoms with E-state index in [9.17, 15) is 19.8 Å². The van der Waals surface area contributed by atoms with Gasteiger partial charge < -0.3 is 14.9 Å².